The molecule has 0 aromatic heterocycles. The van der Waals surface area contributed by atoms with Crippen molar-refractivity contribution in [1.82, 2.24) is 10.6 Å². The van der Waals surface area contributed by atoms with E-state index in [9.17, 15) is 9.59 Å². The fourth-order valence-corrected chi connectivity index (χ4v) is 2.86. The van der Waals surface area contributed by atoms with Crippen molar-refractivity contribution in [3.05, 3.63) is 59.1 Å². The molecule has 0 radical (unpaired) electrons. The third-order valence-corrected chi connectivity index (χ3v) is 4.69. The van der Waals surface area contributed by atoms with Crippen LogP contribution in [0.3, 0.4) is 0 Å². The highest BCUT2D eigenvalue weighted by molar-refractivity contribution is 6.30. The molecule has 2 atom stereocenters. The Kier molecular flexibility index (Phi) is 8.99. The lowest BCUT2D eigenvalue weighted by molar-refractivity contribution is -0.129. The summed E-state index contributed by atoms with van der Waals surface area (Å²) in [5, 5.41) is 6.10. The Balaban J connectivity index is 1.72. The Morgan fingerprint density at radius 3 is 1.93 bits per heavy atom. The van der Waals surface area contributed by atoms with Gasteiger partial charge in [0.25, 0.3) is 11.8 Å². The number of ether oxygens (including phenoxy) is 2. The van der Waals surface area contributed by atoms with Gasteiger partial charge < -0.3 is 20.1 Å². The zero-order valence-electron chi connectivity index (χ0n) is 17.8. The number of nitrogens with one attached hydrogen (secondary N) is 2. The van der Waals surface area contributed by atoms with Crippen molar-refractivity contribution in [2.75, 3.05) is 13.1 Å². The average Bonchev–Trinajstić information content (AvgIpc) is 2.72. The predicted molar refractivity (Wildman–Crippen MR) is 118 cm³/mol. The first kappa shape index (κ1) is 23.5. The molecule has 0 aliphatic rings. The Bertz CT molecular complexity index is 839. The van der Waals surface area contributed by atoms with Crippen LogP contribution >= 0.6 is 11.6 Å². The van der Waals surface area contributed by atoms with Crippen molar-refractivity contribution < 1.29 is 19.1 Å². The van der Waals surface area contributed by atoms with Crippen LogP contribution in [0.1, 0.15) is 39.2 Å². The quantitative estimate of drug-likeness (QED) is 0.558. The van der Waals surface area contributed by atoms with Gasteiger partial charge in [-0.2, -0.15) is 0 Å². The second-order valence-corrected chi connectivity index (χ2v) is 7.69. The molecule has 0 aliphatic heterocycles. The molecule has 6 nitrogen and oxygen atoms in total. The van der Waals surface area contributed by atoms with Crippen molar-refractivity contribution in [3.63, 3.8) is 0 Å². The number of benzene rings is 2. The van der Waals surface area contributed by atoms with Gasteiger partial charge in [-0.25, -0.2) is 0 Å². The van der Waals surface area contributed by atoms with Crippen LogP contribution in [0.25, 0.3) is 0 Å². The molecule has 2 aromatic carbocycles. The molecule has 0 aliphatic carbocycles. The zero-order chi connectivity index (χ0) is 22.1. The summed E-state index contributed by atoms with van der Waals surface area (Å²) in [6, 6.07) is 14.5. The second kappa shape index (κ2) is 11.5. The number of rotatable bonds is 10. The first-order valence-electron chi connectivity index (χ1n) is 10.0. The highest BCUT2D eigenvalue weighted by Crippen LogP contribution is 2.26. The van der Waals surface area contributed by atoms with Gasteiger partial charge in [0, 0.05) is 18.1 Å². The van der Waals surface area contributed by atoms with E-state index in [1.54, 1.807) is 38.1 Å². The Morgan fingerprint density at radius 2 is 1.37 bits per heavy atom. The number of carbonyl (C=O) groups excluding carboxylic acids is 2. The largest absolute Gasteiger partial charge is 0.481 e. The van der Waals surface area contributed by atoms with E-state index < -0.39 is 12.2 Å². The van der Waals surface area contributed by atoms with Crippen LogP contribution in [0.15, 0.2) is 48.5 Å². The Morgan fingerprint density at radius 1 is 0.833 bits per heavy atom. The Hall–Kier alpha value is -2.73. The average molecular weight is 433 g/mol. The number of amides is 2. The van der Waals surface area contributed by atoms with Gasteiger partial charge in [-0.3, -0.25) is 9.59 Å². The molecule has 0 heterocycles. The monoisotopic (exact) mass is 432 g/mol. The van der Waals surface area contributed by atoms with Crippen LogP contribution in [0.5, 0.6) is 11.5 Å². The molecule has 7 heteroatoms. The number of hydrogen-bond acceptors (Lipinski definition) is 4. The van der Waals surface area contributed by atoms with Gasteiger partial charge in [-0.1, -0.05) is 43.6 Å². The van der Waals surface area contributed by atoms with E-state index in [-0.39, 0.29) is 24.9 Å². The third-order valence-electron chi connectivity index (χ3n) is 4.43. The van der Waals surface area contributed by atoms with Crippen LogP contribution in [-0.4, -0.2) is 37.1 Å². The molecule has 30 heavy (non-hydrogen) atoms. The van der Waals surface area contributed by atoms with Crippen LogP contribution in [0.4, 0.5) is 0 Å². The molecular formula is C23H29ClN2O4. The summed E-state index contributed by atoms with van der Waals surface area (Å²) in [5.41, 5.74) is 1.05. The van der Waals surface area contributed by atoms with E-state index in [1.807, 2.05) is 24.3 Å². The zero-order valence-corrected chi connectivity index (χ0v) is 18.5. The van der Waals surface area contributed by atoms with Gasteiger partial charge in [-0.05, 0) is 55.7 Å². The number of carbonyl (C=O) groups is 2. The van der Waals surface area contributed by atoms with Crippen molar-refractivity contribution in [2.24, 2.45) is 0 Å². The van der Waals surface area contributed by atoms with Gasteiger partial charge in [0.1, 0.15) is 11.5 Å². The fourth-order valence-electron chi connectivity index (χ4n) is 2.74. The SMILES string of the molecule is CC(Oc1ccc(Cl)cc1)C(=O)NCCNC(=O)C(C)Oc1ccccc1C(C)C. The minimum absolute atomic E-state index is 0.242. The van der Waals surface area contributed by atoms with Crippen LogP contribution in [0, 0.1) is 0 Å². The van der Waals surface area contributed by atoms with E-state index in [2.05, 4.69) is 24.5 Å². The maximum atomic E-state index is 12.3. The third kappa shape index (κ3) is 7.26. The molecule has 0 bridgehead atoms. The van der Waals surface area contributed by atoms with E-state index in [4.69, 9.17) is 21.1 Å². The van der Waals surface area contributed by atoms with E-state index >= 15 is 0 Å². The van der Waals surface area contributed by atoms with Crippen molar-refractivity contribution in [3.8, 4) is 11.5 Å². The lowest BCUT2D eigenvalue weighted by atomic mass is 10.0. The van der Waals surface area contributed by atoms with Crippen LogP contribution in [0.2, 0.25) is 5.02 Å². The standard InChI is InChI=1S/C23H29ClN2O4/c1-15(2)20-7-5-6-8-21(20)30-17(4)23(28)26-14-13-25-22(27)16(3)29-19-11-9-18(24)10-12-19/h5-12,15-17H,13-14H2,1-4H3,(H,25,27)(H,26,28). The summed E-state index contributed by atoms with van der Waals surface area (Å²) < 4.78 is 11.4. The molecule has 2 rings (SSSR count). The minimum Gasteiger partial charge on any atom is -0.481 e. The Labute approximate surface area is 182 Å². The van der Waals surface area contributed by atoms with Gasteiger partial charge in [0.15, 0.2) is 12.2 Å². The summed E-state index contributed by atoms with van der Waals surface area (Å²) in [7, 11) is 0. The molecule has 0 fully saturated rings. The van der Waals surface area contributed by atoms with Crippen LogP contribution < -0.4 is 20.1 Å². The number of halogens is 1. The van der Waals surface area contributed by atoms with Gasteiger partial charge in [0.2, 0.25) is 0 Å². The minimum atomic E-state index is -0.670. The lowest BCUT2D eigenvalue weighted by Gasteiger charge is -2.19. The van der Waals surface area contributed by atoms with Crippen LogP contribution in [-0.2, 0) is 9.59 Å². The first-order valence-corrected chi connectivity index (χ1v) is 10.4. The molecule has 0 saturated carbocycles. The summed E-state index contributed by atoms with van der Waals surface area (Å²) in [5.74, 6) is 1.05. The molecule has 2 unspecified atom stereocenters. The topological polar surface area (TPSA) is 76.7 Å². The molecule has 0 saturated heterocycles. The van der Waals surface area contributed by atoms with E-state index in [0.717, 1.165) is 5.56 Å². The molecule has 2 aromatic rings. The number of hydrogen-bond donors (Lipinski definition) is 2. The summed E-state index contributed by atoms with van der Waals surface area (Å²) >= 11 is 5.83. The van der Waals surface area contributed by atoms with Gasteiger partial charge in [0.05, 0.1) is 0 Å². The van der Waals surface area contributed by atoms with Gasteiger partial charge in [-0.15, -0.1) is 0 Å². The van der Waals surface area contributed by atoms with Crippen molar-refractivity contribution in [2.45, 2.75) is 45.8 Å². The first-order chi connectivity index (χ1) is 14.3. The maximum Gasteiger partial charge on any atom is 0.260 e. The summed E-state index contributed by atoms with van der Waals surface area (Å²) in [6.07, 6.45) is -1.32. The van der Waals surface area contributed by atoms with Crippen molar-refractivity contribution in [1.29, 1.82) is 0 Å². The van der Waals surface area contributed by atoms with E-state index in [1.165, 1.54) is 0 Å². The highest BCUT2D eigenvalue weighted by atomic mass is 35.5. The second-order valence-electron chi connectivity index (χ2n) is 7.25. The highest BCUT2D eigenvalue weighted by Gasteiger charge is 2.18. The molecule has 2 amide bonds. The van der Waals surface area contributed by atoms with E-state index in [0.29, 0.717) is 22.4 Å². The molecule has 2 N–H and O–H groups in total. The van der Waals surface area contributed by atoms with Gasteiger partial charge >= 0.3 is 0 Å². The predicted octanol–water partition coefficient (Wildman–Crippen LogP) is 3.93. The summed E-state index contributed by atoms with van der Waals surface area (Å²) in [4.78, 5) is 24.4. The molecule has 0 spiro atoms. The maximum absolute atomic E-state index is 12.3. The lowest BCUT2D eigenvalue weighted by Crippen LogP contribution is -2.43. The number of para-hydroxylation sites is 1. The smallest absolute Gasteiger partial charge is 0.260 e. The molecular weight excluding hydrogens is 404 g/mol. The van der Waals surface area contributed by atoms with Crippen molar-refractivity contribution >= 4 is 23.4 Å². The molecule has 162 valence electrons. The normalized spacial score (nSPS) is 12.7. The summed E-state index contributed by atoms with van der Waals surface area (Å²) in [6.45, 7) is 8.09. The fraction of sp³-hybridized carbons (Fsp3) is 0.391.